The number of hydrogen-bond acceptors (Lipinski definition) is 4. The zero-order valence-corrected chi connectivity index (χ0v) is 18.8. The Labute approximate surface area is 180 Å². The molecule has 2 aromatic rings. The molecule has 2 heterocycles. The van der Waals surface area contributed by atoms with Gasteiger partial charge in [-0.2, -0.15) is 5.10 Å². The van der Waals surface area contributed by atoms with Crippen LogP contribution >= 0.6 is 0 Å². The highest BCUT2D eigenvalue weighted by atomic mass is 16.5. The summed E-state index contributed by atoms with van der Waals surface area (Å²) in [7, 11) is 1.93. The molecule has 0 spiro atoms. The van der Waals surface area contributed by atoms with Crippen molar-refractivity contribution < 1.29 is 4.74 Å². The van der Waals surface area contributed by atoms with E-state index in [1.807, 2.05) is 24.1 Å². The maximum atomic E-state index is 5.98. The van der Waals surface area contributed by atoms with Gasteiger partial charge in [-0.3, -0.25) is 9.58 Å². The van der Waals surface area contributed by atoms with Crippen LogP contribution in [0, 0.1) is 0 Å². The van der Waals surface area contributed by atoms with Crippen LogP contribution in [0.4, 0.5) is 0 Å². The summed E-state index contributed by atoms with van der Waals surface area (Å²) in [5.74, 6) is 0.946. The Bertz CT molecular complexity index is 796. The lowest BCUT2D eigenvalue weighted by atomic mass is 10.1. The van der Waals surface area contributed by atoms with Crippen molar-refractivity contribution in [2.24, 2.45) is 12.0 Å². The van der Waals surface area contributed by atoms with Gasteiger partial charge >= 0.3 is 0 Å². The molecule has 1 saturated heterocycles. The molecule has 7 heteroatoms. The smallest absolute Gasteiger partial charge is 0.194 e. The summed E-state index contributed by atoms with van der Waals surface area (Å²) in [6, 6.07) is 8.85. The third-order valence-electron chi connectivity index (χ3n) is 5.53. The summed E-state index contributed by atoms with van der Waals surface area (Å²) >= 11 is 0. The van der Waals surface area contributed by atoms with Crippen LogP contribution in [0.1, 0.15) is 43.6 Å². The van der Waals surface area contributed by atoms with Crippen LogP contribution < -0.4 is 5.32 Å². The maximum absolute atomic E-state index is 5.98. The normalized spacial score (nSPS) is 17.6. The van der Waals surface area contributed by atoms with Crippen LogP contribution in [-0.4, -0.2) is 64.9 Å². The molecule has 1 unspecified atom stereocenters. The van der Waals surface area contributed by atoms with Crippen molar-refractivity contribution in [2.45, 2.75) is 40.0 Å². The molecule has 1 atom stereocenters. The zero-order valence-electron chi connectivity index (χ0n) is 18.8. The highest BCUT2D eigenvalue weighted by Crippen LogP contribution is 2.21. The molecule has 0 amide bonds. The average Bonchev–Trinajstić information content (AvgIpc) is 3.22. The first kappa shape index (κ1) is 22.3. The largest absolute Gasteiger partial charge is 0.370 e. The molecule has 3 rings (SSSR count). The van der Waals surface area contributed by atoms with Gasteiger partial charge in [0.25, 0.3) is 0 Å². The number of hydrogen-bond donors (Lipinski definition) is 1. The number of guanidine groups is 1. The topological polar surface area (TPSA) is 57.9 Å². The van der Waals surface area contributed by atoms with Gasteiger partial charge in [0.1, 0.15) is 6.10 Å². The molecule has 0 aliphatic carbocycles. The number of nitrogens with zero attached hydrogens (tertiary/aromatic N) is 5. The number of nitrogens with one attached hydrogen (secondary N) is 1. The minimum atomic E-state index is 0.0238. The first-order valence-electron chi connectivity index (χ1n) is 11.1. The Kier molecular flexibility index (Phi) is 8.28. The number of aliphatic imine (C=N–C) groups is 1. The maximum Gasteiger partial charge on any atom is 0.194 e. The van der Waals surface area contributed by atoms with Crippen molar-refractivity contribution in [2.75, 3.05) is 39.3 Å². The van der Waals surface area contributed by atoms with Gasteiger partial charge in [-0.25, -0.2) is 4.99 Å². The van der Waals surface area contributed by atoms with Crippen molar-refractivity contribution in [3.8, 4) is 0 Å². The molecule has 164 valence electrons. The molecule has 0 radical (unpaired) electrons. The lowest BCUT2D eigenvalue weighted by Gasteiger charge is -2.34. The van der Waals surface area contributed by atoms with Gasteiger partial charge in [-0.15, -0.1) is 0 Å². The highest BCUT2D eigenvalue weighted by Gasteiger charge is 2.25. The van der Waals surface area contributed by atoms with Crippen LogP contribution in [0.2, 0.25) is 0 Å². The van der Waals surface area contributed by atoms with E-state index in [4.69, 9.17) is 9.73 Å². The van der Waals surface area contributed by atoms with E-state index in [0.29, 0.717) is 13.2 Å². The van der Waals surface area contributed by atoms with Gasteiger partial charge in [0.05, 0.1) is 25.9 Å². The van der Waals surface area contributed by atoms with Gasteiger partial charge in [-0.1, -0.05) is 38.1 Å². The predicted octanol–water partition coefficient (Wildman–Crippen LogP) is 2.80. The molecule has 1 aliphatic rings. The Morgan fingerprint density at radius 3 is 2.57 bits per heavy atom. The second-order valence-corrected chi connectivity index (χ2v) is 7.70. The monoisotopic (exact) mass is 412 g/mol. The number of aryl methyl sites for hydroxylation is 1. The lowest BCUT2D eigenvalue weighted by Crippen LogP contribution is -2.48. The lowest BCUT2D eigenvalue weighted by molar-refractivity contribution is -0.00805. The van der Waals surface area contributed by atoms with E-state index in [1.165, 1.54) is 11.1 Å². The molecule has 1 aromatic carbocycles. The Morgan fingerprint density at radius 1 is 1.20 bits per heavy atom. The molecule has 1 N–H and O–H groups in total. The van der Waals surface area contributed by atoms with E-state index in [0.717, 1.165) is 50.8 Å². The fourth-order valence-corrected chi connectivity index (χ4v) is 3.70. The van der Waals surface area contributed by atoms with Gasteiger partial charge in [0, 0.05) is 38.4 Å². The summed E-state index contributed by atoms with van der Waals surface area (Å²) in [6.45, 7) is 13.5. The minimum absolute atomic E-state index is 0.0238. The van der Waals surface area contributed by atoms with Crippen molar-refractivity contribution in [1.29, 1.82) is 0 Å². The second kappa shape index (κ2) is 11.1. The molecule has 1 fully saturated rings. The third-order valence-corrected chi connectivity index (χ3v) is 5.53. The summed E-state index contributed by atoms with van der Waals surface area (Å²) < 4.78 is 7.80. The SMILES string of the molecule is CCNC(=NCc1ccc(CN(CC)CC)cc1)N1CCOC(c2cnn(C)c2)C1. The third kappa shape index (κ3) is 6.06. The van der Waals surface area contributed by atoms with Crippen LogP contribution in [0.15, 0.2) is 41.7 Å². The Hall–Kier alpha value is -2.38. The predicted molar refractivity (Wildman–Crippen MR) is 121 cm³/mol. The first-order valence-corrected chi connectivity index (χ1v) is 11.1. The molecular formula is C23H36N6O. The van der Waals surface area contributed by atoms with Crippen molar-refractivity contribution in [3.63, 3.8) is 0 Å². The summed E-state index contributed by atoms with van der Waals surface area (Å²) in [5.41, 5.74) is 3.69. The van der Waals surface area contributed by atoms with Gasteiger partial charge in [0.2, 0.25) is 0 Å². The number of ether oxygens (including phenoxy) is 1. The van der Waals surface area contributed by atoms with E-state index >= 15 is 0 Å². The zero-order chi connectivity index (χ0) is 21.3. The Morgan fingerprint density at radius 2 is 1.93 bits per heavy atom. The second-order valence-electron chi connectivity index (χ2n) is 7.70. The van der Waals surface area contributed by atoms with Crippen LogP contribution in [0.25, 0.3) is 0 Å². The van der Waals surface area contributed by atoms with E-state index in [9.17, 15) is 0 Å². The summed E-state index contributed by atoms with van der Waals surface area (Å²) in [5, 5.41) is 7.72. The quantitative estimate of drug-likeness (QED) is 0.534. The van der Waals surface area contributed by atoms with Crippen LogP contribution in [0.3, 0.4) is 0 Å². The van der Waals surface area contributed by atoms with Crippen LogP contribution in [-0.2, 0) is 24.9 Å². The fourth-order valence-electron chi connectivity index (χ4n) is 3.70. The summed E-state index contributed by atoms with van der Waals surface area (Å²) in [6.07, 6.45) is 3.94. The number of morpholine rings is 1. The standard InChI is InChI=1S/C23H36N6O/c1-5-24-23(29-12-13-30-22(18-29)21-15-26-27(4)17-21)25-14-19-8-10-20(11-9-19)16-28(6-2)7-3/h8-11,15,17,22H,5-7,12-14,16,18H2,1-4H3,(H,24,25). The van der Waals surface area contributed by atoms with Gasteiger partial charge in [0.15, 0.2) is 5.96 Å². The van der Waals surface area contributed by atoms with Gasteiger partial charge < -0.3 is 15.0 Å². The molecule has 1 aliphatic heterocycles. The van der Waals surface area contributed by atoms with Crippen LogP contribution in [0.5, 0.6) is 0 Å². The Balaban J connectivity index is 1.63. The van der Waals surface area contributed by atoms with Crippen molar-refractivity contribution in [3.05, 3.63) is 53.3 Å². The van der Waals surface area contributed by atoms with Crippen molar-refractivity contribution in [1.82, 2.24) is 24.9 Å². The van der Waals surface area contributed by atoms with E-state index in [2.05, 4.69) is 65.3 Å². The minimum Gasteiger partial charge on any atom is -0.370 e. The number of aromatic nitrogens is 2. The van der Waals surface area contributed by atoms with Crippen molar-refractivity contribution >= 4 is 5.96 Å². The molecule has 7 nitrogen and oxygen atoms in total. The molecular weight excluding hydrogens is 376 g/mol. The molecule has 0 bridgehead atoms. The van der Waals surface area contributed by atoms with Gasteiger partial charge in [-0.05, 0) is 31.1 Å². The molecule has 1 aromatic heterocycles. The van der Waals surface area contributed by atoms with E-state index < -0.39 is 0 Å². The number of rotatable bonds is 8. The average molecular weight is 413 g/mol. The molecule has 30 heavy (non-hydrogen) atoms. The summed E-state index contributed by atoms with van der Waals surface area (Å²) in [4.78, 5) is 9.62. The number of benzene rings is 1. The highest BCUT2D eigenvalue weighted by molar-refractivity contribution is 5.80. The fraction of sp³-hybridized carbons (Fsp3) is 0.565. The van der Waals surface area contributed by atoms with E-state index in [1.54, 1.807) is 0 Å². The first-order chi connectivity index (χ1) is 14.6. The molecule has 0 saturated carbocycles. The van der Waals surface area contributed by atoms with E-state index in [-0.39, 0.29) is 6.10 Å².